The van der Waals surface area contributed by atoms with Crippen LogP contribution in [0.15, 0.2) is 6.20 Å². The molecule has 0 atom stereocenters. The fourth-order valence-corrected chi connectivity index (χ4v) is 2.52. The molecule has 1 aliphatic heterocycles. The van der Waals surface area contributed by atoms with Gasteiger partial charge in [0.25, 0.3) is 0 Å². The minimum Gasteiger partial charge on any atom is -0.354 e. The van der Waals surface area contributed by atoms with Crippen molar-refractivity contribution in [2.24, 2.45) is 0 Å². The molecule has 0 saturated carbocycles. The third-order valence-electron chi connectivity index (χ3n) is 3.82. The number of likely N-dealkylation sites (N-methyl/N-ethyl adjacent to an activating group) is 1. The lowest BCUT2D eigenvalue weighted by molar-refractivity contribution is 0.229. The van der Waals surface area contributed by atoms with E-state index in [0.29, 0.717) is 0 Å². The van der Waals surface area contributed by atoms with Crippen LogP contribution in [0.25, 0.3) is 0 Å². The first-order valence-electron chi connectivity index (χ1n) is 7.79. The van der Waals surface area contributed by atoms with Gasteiger partial charge in [-0.2, -0.15) is 4.98 Å². The van der Waals surface area contributed by atoms with Gasteiger partial charge in [-0.1, -0.05) is 0 Å². The second-order valence-corrected chi connectivity index (χ2v) is 5.86. The zero-order chi connectivity index (χ0) is 15.2. The highest BCUT2D eigenvalue weighted by Crippen LogP contribution is 2.19. The lowest BCUT2D eigenvalue weighted by Crippen LogP contribution is -2.48. The molecule has 0 unspecified atom stereocenters. The van der Waals surface area contributed by atoms with Crippen molar-refractivity contribution in [3.8, 4) is 0 Å². The van der Waals surface area contributed by atoms with Crippen LogP contribution in [0.1, 0.15) is 12.5 Å². The zero-order valence-electron chi connectivity index (χ0n) is 13.8. The Kier molecular flexibility index (Phi) is 5.76. The van der Waals surface area contributed by atoms with Gasteiger partial charge in [0, 0.05) is 57.6 Å². The summed E-state index contributed by atoms with van der Waals surface area (Å²) in [5.41, 5.74) is 1.15. The first-order valence-corrected chi connectivity index (χ1v) is 7.79. The molecule has 1 fully saturated rings. The Hall–Kier alpha value is -1.40. The third kappa shape index (κ3) is 4.54. The molecule has 2 rings (SSSR count). The van der Waals surface area contributed by atoms with E-state index in [4.69, 9.17) is 0 Å². The Morgan fingerprint density at radius 2 is 1.95 bits per heavy atom. The van der Waals surface area contributed by atoms with E-state index < -0.39 is 0 Å². The number of rotatable bonds is 6. The summed E-state index contributed by atoms with van der Waals surface area (Å²) in [5, 5.41) is 3.19. The first kappa shape index (κ1) is 16.0. The Morgan fingerprint density at radius 1 is 1.24 bits per heavy atom. The Balaban J connectivity index is 1.93. The van der Waals surface area contributed by atoms with E-state index in [2.05, 4.69) is 57.9 Å². The molecule has 6 heteroatoms. The lowest BCUT2D eigenvalue weighted by atomic mass is 10.2. The topological polar surface area (TPSA) is 47.5 Å². The molecule has 0 bridgehead atoms. The largest absolute Gasteiger partial charge is 0.354 e. The summed E-state index contributed by atoms with van der Waals surface area (Å²) in [6.07, 6.45) is 1.92. The van der Waals surface area contributed by atoms with Crippen molar-refractivity contribution in [2.45, 2.75) is 13.8 Å². The molecule has 0 aliphatic carbocycles. The number of piperazine rings is 1. The molecule has 2 heterocycles. The lowest BCUT2D eigenvalue weighted by Gasteiger charge is -2.36. The van der Waals surface area contributed by atoms with Gasteiger partial charge < -0.3 is 15.1 Å². The molecule has 1 aromatic heterocycles. The number of aryl methyl sites for hydroxylation is 1. The molecule has 6 nitrogen and oxygen atoms in total. The number of hydrogen-bond acceptors (Lipinski definition) is 6. The van der Waals surface area contributed by atoms with Crippen molar-refractivity contribution in [1.82, 2.24) is 19.8 Å². The quantitative estimate of drug-likeness (QED) is 0.841. The summed E-state index contributed by atoms with van der Waals surface area (Å²) in [5.74, 6) is 1.81. The van der Waals surface area contributed by atoms with Gasteiger partial charge >= 0.3 is 0 Å². The van der Waals surface area contributed by atoms with Gasteiger partial charge in [0.05, 0.1) is 0 Å². The summed E-state index contributed by atoms with van der Waals surface area (Å²) in [7, 11) is 4.26. The molecule has 118 valence electrons. The molecule has 0 amide bonds. The number of anilines is 2. The normalized spacial score (nSPS) is 16.5. The fourth-order valence-electron chi connectivity index (χ4n) is 2.52. The second kappa shape index (κ2) is 7.56. The maximum Gasteiger partial charge on any atom is 0.224 e. The summed E-state index contributed by atoms with van der Waals surface area (Å²) in [4.78, 5) is 16.1. The minimum atomic E-state index is 0.730. The zero-order valence-corrected chi connectivity index (χ0v) is 13.8. The van der Waals surface area contributed by atoms with Crippen LogP contribution in [0.4, 0.5) is 11.8 Å². The van der Waals surface area contributed by atoms with Gasteiger partial charge in [-0.3, -0.25) is 4.90 Å². The van der Waals surface area contributed by atoms with Crippen molar-refractivity contribution < 1.29 is 0 Å². The van der Waals surface area contributed by atoms with E-state index in [1.54, 1.807) is 0 Å². The van der Waals surface area contributed by atoms with Crippen LogP contribution in [0, 0.1) is 6.92 Å². The van der Waals surface area contributed by atoms with Gasteiger partial charge in [-0.25, -0.2) is 4.98 Å². The summed E-state index contributed by atoms with van der Waals surface area (Å²) in [6, 6.07) is 0. The van der Waals surface area contributed by atoms with Gasteiger partial charge in [-0.05, 0) is 27.9 Å². The Bertz CT molecular complexity index is 440. The van der Waals surface area contributed by atoms with Crippen molar-refractivity contribution in [2.75, 3.05) is 70.1 Å². The van der Waals surface area contributed by atoms with E-state index >= 15 is 0 Å². The highest BCUT2D eigenvalue weighted by Gasteiger charge is 2.19. The molecule has 1 N–H and O–H groups in total. The highest BCUT2D eigenvalue weighted by atomic mass is 15.3. The predicted molar refractivity (Wildman–Crippen MR) is 88.1 cm³/mol. The molecule has 21 heavy (non-hydrogen) atoms. The molecule has 0 radical (unpaired) electrons. The van der Waals surface area contributed by atoms with Crippen molar-refractivity contribution in [3.63, 3.8) is 0 Å². The standard InChI is InChI=1S/C15H28N6/c1-5-16-15-17-12-13(2)14(18-15)21-10-8-20(9-11-21)7-6-19(3)4/h12H,5-11H2,1-4H3,(H,16,17,18). The van der Waals surface area contributed by atoms with Crippen LogP contribution >= 0.6 is 0 Å². The SMILES string of the molecule is CCNc1ncc(C)c(N2CCN(CCN(C)C)CC2)n1. The number of aromatic nitrogens is 2. The fraction of sp³-hybridized carbons (Fsp3) is 0.733. The number of hydrogen-bond donors (Lipinski definition) is 1. The monoisotopic (exact) mass is 292 g/mol. The van der Waals surface area contributed by atoms with Gasteiger partial charge in [0.15, 0.2) is 0 Å². The van der Waals surface area contributed by atoms with Crippen molar-refractivity contribution >= 4 is 11.8 Å². The maximum absolute atomic E-state index is 4.66. The Labute approximate surface area is 128 Å². The van der Waals surface area contributed by atoms with Crippen LogP contribution in [-0.4, -0.2) is 79.7 Å². The van der Waals surface area contributed by atoms with Crippen molar-refractivity contribution in [1.29, 1.82) is 0 Å². The third-order valence-corrected chi connectivity index (χ3v) is 3.82. The van der Waals surface area contributed by atoms with Crippen LogP contribution in [-0.2, 0) is 0 Å². The maximum atomic E-state index is 4.66. The average molecular weight is 292 g/mol. The molecule has 1 saturated heterocycles. The summed E-state index contributed by atoms with van der Waals surface area (Å²) < 4.78 is 0. The van der Waals surface area contributed by atoms with E-state index in [1.807, 2.05) is 6.20 Å². The van der Waals surface area contributed by atoms with E-state index in [9.17, 15) is 0 Å². The first-order chi connectivity index (χ1) is 10.1. The number of nitrogens with one attached hydrogen (secondary N) is 1. The van der Waals surface area contributed by atoms with Gasteiger partial charge in [0.1, 0.15) is 5.82 Å². The smallest absolute Gasteiger partial charge is 0.224 e. The second-order valence-electron chi connectivity index (χ2n) is 5.86. The molecule has 1 aliphatic rings. The molecular formula is C15H28N6. The molecule has 0 aromatic carbocycles. The van der Waals surface area contributed by atoms with Crippen molar-refractivity contribution in [3.05, 3.63) is 11.8 Å². The van der Waals surface area contributed by atoms with E-state index in [-0.39, 0.29) is 0 Å². The van der Waals surface area contributed by atoms with E-state index in [1.165, 1.54) is 0 Å². The summed E-state index contributed by atoms with van der Waals surface area (Å²) in [6.45, 7) is 11.6. The average Bonchev–Trinajstić information content (AvgIpc) is 2.48. The molecule has 0 spiro atoms. The van der Waals surface area contributed by atoms with Crippen LogP contribution in [0.3, 0.4) is 0 Å². The predicted octanol–water partition coefficient (Wildman–Crippen LogP) is 0.900. The van der Waals surface area contributed by atoms with E-state index in [0.717, 1.165) is 63.1 Å². The van der Waals surface area contributed by atoms with Crippen LogP contribution in [0.2, 0.25) is 0 Å². The van der Waals surface area contributed by atoms with Crippen LogP contribution in [0.5, 0.6) is 0 Å². The van der Waals surface area contributed by atoms with Gasteiger partial charge in [0.2, 0.25) is 5.95 Å². The van der Waals surface area contributed by atoms with Gasteiger partial charge in [-0.15, -0.1) is 0 Å². The molecule has 1 aromatic rings. The molecular weight excluding hydrogens is 264 g/mol. The highest BCUT2D eigenvalue weighted by molar-refractivity contribution is 5.49. The Morgan fingerprint density at radius 3 is 2.57 bits per heavy atom. The number of nitrogens with zero attached hydrogens (tertiary/aromatic N) is 5. The van der Waals surface area contributed by atoms with Crippen LogP contribution < -0.4 is 10.2 Å². The minimum absolute atomic E-state index is 0.730. The summed E-state index contributed by atoms with van der Waals surface area (Å²) >= 11 is 0.